The van der Waals surface area contributed by atoms with Crippen LogP contribution >= 0.6 is 0 Å². The Bertz CT molecular complexity index is 1140. The third kappa shape index (κ3) is 43.7. The number of aliphatic hydroxyl groups is 2. The van der Waals surface area contributed by atoms with Crippen molar-refractivity contribution in [3.05, 3.63) is 72.9 Å². The predicted octanol–water partition coefficient (Wildman–Crippen LogP) is 15.4. The van der Waals surface area contributed by atoms with Gasteiger partial charge in [0.05, 0.1) is 25.2 Å². The monoisotopic (exact) mass is 852 g/mol. The zero-order valence-electron chi connectivity index (χ0n) is 40.0. The number of carbonyl (C=O) groups is 2. The fourth-order valence-electron chi connectivity index (χ4n) is 7.40. The maximum Gasteiger partial charge on any atom is 0.306 e. The van der Waals surface area contributed by atoms with E-state index in [2.05, 4.69) is 99.0 Å². The van der Waals surface area contributed by atoms with Crippen LogP contribution in [-0.2, 0) is 14.3 Å². The zero-order valence-corrected chi connectivity index (χ0v) is 40.0. The van der Waals surface area contributed by atoms with E-state index < -0.39 is 18.2 Å². The smallest absolute Gasteiger partial charge is 0.306 e. The molecule has 352 valence electrons. The maximum absolute atomic E-state index is 13.2. The summed E-state index contributed by atoms with van der Waals surface area (Å²) in [4.78, 5) is 26.1. The Morgan fingerprint density at radius 1 is 0.492 bits per heavy atom. The zero-order chi connectivity index (χ0) is 44.5. The molecule has 0 aliphatic rings. The summed E-state index contributed by atoms with van der Waals surface area (Å²) in [5.74, 6) is -0.539. The summed E-state index contributed by atoms with van der Waals surface area (Å²) in [6.45, 7) is 6.32. The first-order valence-electron chi connectivity index (χ1n) is 25.7. The van der Waals surface area contributed by atoms with Crippen molar-refractivity contribution in [3.8, 4) is 0 Å². The number of unbranched alkanes of at least 4 members (excludes halogenated alkanes) is 21. The second kappa shape index (κ2) is 48.3. The molecule has 6 heteroatoms. The summed E-state index contributed by atoms with van der Waals surface area (Å²) in [5, 5.41) is 23.7. The topological polar surface area (TPSA) is 95.9 Å². The Morgan fingerprint density at radius 3 is 1.41 bits per heavy atom. The second-order valence-electron chi connectivity index (χ2n) is 17.2. The molecule has 0 radical (unpaired) electrons. The second-order valence-corrected chi connectivity index (χ2v) is 17.2. The molecule has 3 atom stereocenters. The highest BCUT2D eigenvalue weighted by Crippen LogP contribution is 2.17. The Kier molecular flexibility index (Phi) is 46.2. The molecule has 0 aromatic rings. The van der Waals surface area contributed by atoms with Gasteiger partial charge in [0.1, 0.15) is 6.10 Å². The molecule has 0 aliphatic carbocycles. The molecule has 3 N–H and O–H groups in total. The third-order valence-corrected chi connectivity index (χ3v) is 11.3. The minimum Gasteiger partial charge on any atom is -0.462 e. The summed E-state index contributed by atoms with van der Waals surface area (Å²) in [7, 11) is 0. The van der Waals surface area contributed by atoms with E-state index in [-0.39, 0.29) is 24.9 Å². The van der Waals surface area contributed by atoms with Gasteiger partial charge in [-0.2, -0.15) is 0 Å². The average Bonchev–Trinajstić information content (AvgIpc) is 3.25. The molecule has 6 nitrogen and oxygen atoms in total. The van der Waals surface area contributed by atoms with Gasteiger partial charge in [0.2, 0.25) is 5.91 Å². The van der Waals surface area contributed by atoms with Crippen molar-refractivity contribution in [3.63, 3.8) is 0 Å². The Morgan fingerprint density at radius 2 is 0.902 bits per heavy atom. The summed E-state index contributed by atoms with van der Waals surface area (Å²) in [5.41, 5.74) is 0. The van der Waals surface area contributed by atoms with Gasteiger partial charge >= 0.3 is 5.97 Å². The molecule has 0 saturated heterocycles. The van der Waals surface area contributed by atoms with Gasteiger partial charge in [0.25, 0.3) is 0 Å². The average molecular weight is 852 g/mol. The van der Waals surface area contributed by atoms with Crippen LogP contribution < -0.4 is 5.32 Å². The highest BCUT2D eigenvalue weighted by Gasteiger charge is 2.24. The van der Waals surface area contributed by atoms with Crippen LogP contribution in [0.3, 0.4) is 0 Å². The third-order valence-electron chi connectivity index (χ3n) is 11.3. The van der Waals surface area contributed by atoms with Crippen molar-refractivity contribution in [1.29, 1.82) is 0 Å². The van der Waals surface area contributed by atoms with Crippen molar-refractivity contribution < 1.29 is 24.5 Å². The Hall–Kier alpha value is -2.70. The number of hydrogen-bond donors (Lipinski definition) is 3. The molecule has 0 aromatic heterocycles. The minimum absolute atomic E-state index is 0.0344. The molecular weight excluding hydrogens is 755 g/mol. The molecule has 0 fully saturated rings. The molecule has 0 rings (SSSR count). The lowest BCUT2D eigenvalue weighted by atomic mass is 10.0. The quantitative estimate of drug-likeness (QED) is 0.0322. The van der Waals surface area contributed by atoms with Crippen molar-refractivity contribution in [1.82, 2.24) is 5.32 Å². The number of nitrogens with one attached hydrogen (secondary N) is 1. The molecule has 0 aromatic carbocycles. The Balaban J connectivity index is 4.72. The van der Waals surface area contributed by atoms with E-state index in [4.69, 9.17) is 4.74 Å². The number of allylic oxidation sites excluding steroid dienone is 12. The standard InChI is InChI=1S/C55H97NO5/c1-4-7-10-13-16-19-22-24-26-27-28-29-32-34-37-40-43-46-51(61-55(60)48-45-42-39-36-33-30-25-23-20-17-14-11-8-5-2)49-54(59)56-52(50-57)53(58)47-44-41-38-35-31-21-18-15-12-9-6-3/h8,11,16-17,19-20,24,26,28-29,34,37,51-53,57-58H,4-7,9-10,12-15,18,21-23,25,27,30-33,35-36,38-50H2,1-3H3,(H,56,59)/b11-8+,19-16-,20-17+,26-24-,29-28-,37-34-. The van der Waals surface area contributed by atoms with Crippen LogP contribution in [0.5, 0.6) is 0 Å². The molecule has 0 aliphatic heterocycles. The van der Waals surface area contributed by atoms with Crippen LogP contribution in [0, 0.1) is 0 Å². The number of carbonyl (C=O) groups excluding carboxylic acids is 2. The lowest BCUT2D eigenvalue weighted by Crippen LogP contribution is -2.46. The highest BCUT2D eigenvalue weighted by atomic mass is 16.5. The van der Waals surface area contributed by atoms with Gasteiger partial charge in [-0.25, -0.2) is 0 Å². The lowest BCUT2D eigenvalue weighted by Gasteiger charge is -2.24. The van der Waals surface area contributed by atoms with Gasteiger partial charge in [-0.05, 0) is 89.9 Å². The summed E-state index contributed by atoms with van der Waals surface area (Å²) < 4.78 is 5.90. The van der Waals surface area contributed by atoms with Crippen LogP contribution in [0.4, 0.5) is 0 Å². The first-order valence-corrected chi connectivity index (χ1v) is 25.7. The summed E-state index contributed by atoms with van der Waals surface area (Å²) >= 11 is 0. The van der Waals surface area contributed by atoms with E-state index in [1.807, 2.05) is 0 Å². The normalized spacial score (nSPS) is 13.9. The lowest BCUT2D eigenvalue weighted by molar-refractivity contribution is -0.151. The number of esters is 1. The molecule has 0 bridgehead atoms. The number of rotatable bonds is 45. The van der Waals surface area contributed by atoms with Gasteiger partial charge in [0, 0.05) is 6.42 Å². The fourth-order valence-corrected chi connectivity index (χ4v) is 7.40. The minimum atomic E-state index is -0.805. The molecule has 61 heavy (non-hydrogen) atoms. The Labute approximate surface area is 377 Å². The van der Waals surface area contributed by atoms with Crippen molar-refractivity contribution >= 4 is 11.9 Å². The van der Waals surface area contributed by atoms with Crippen molar-refractivity contribution in [2.45, 2.75) is 257 Å². The maximum atomic E-state index is 13.2. The van der Waals surface area contributed by atoms with E-state index in [9.17, 15) is 19.8 Å². The molecule has 1 amide bonds. The molecule has 0 spiro atoms. The van der Waals surface area contributed by atoms with Crippen molar-refractivity contribution in [2.75, 3.05) is 6.61 Å². The molecule has 0 saturated carbocycles. The van der Waals surface area contributed by atoms with Crippen LogP contribution in [0.25, 0.3) is 0 Å². The van der Waals surface area contributed by atoms with Gasteiger partial charge in [-0.1, -0.05) is 209 Å². The van der Waals surface area contributed by atoms with Crippen LogP contribution in [0.1, 0.15) is 239 Å². The number of ether oxygens (including phenoxy) is 1. The largest absolute Gasteiger partial charge is 0.462 e. The molecule has 3 unspecified atom stereocenters. The van der Waals surface area contributed by atoms with Gasteiger partial charge in [0.15, 0.2) is 0 Å². The van der Waals surface area contributed by atoms with Crippen LogP contribution in [-0.4, -0.2) is 46.9 Å². The van der Waals surface area contributed by atoms with E-state index in [1.165, 1.54) is 103 Å². The number of aliphatic hydroxyl groups excluding tert-OH is 2. The first kappa shape index (κ1) is 58.3. The van der Waals surface area contributed by atoms with E-state index in [0.29, 0.717) is 19.3 Å². The van der Waals surface area contributed by atoms with Crippen LogP contribution in [0.15, 0.2) is 72.9 Å². The van der Waals surface area contributed by atoms with E-state index in [0.717, 1.165) is 89.9 Å². The fraction of sp³-hybridized carbons (Fsp3) is 0.745. The van der Waals surface area contributed by atoms with Gasteiger partial charge in [-0.15, -0.1) is 0 Å². The number of hydrogen-bond acceptors (Lipinski definition) is 5. The van der Waals surface area contributed by atoms with Gasteiger partial charge in [-0.3, -0.25) is 9.59 Å². The van der Waals surface area contributed by atoms with Crippen molar-refractivity contribution in [2.24, 2.45) is 0 Å². The first-order chi connectivity index (χ1) is 30.0. The van der Waals surface area contributed by atoms with E-state index in [1.54, 1.807) is 0 Å². The molecule has 0 heterocycles. The highest BCUT2D eigenvalue weighted by molar-refractivity contribution is 5.77. The predicted molar refractivity (Wildman–Crippen MR) is 264 cm³/mol. The summed E-state index contributed by atoms with van der Waals surface area (Å²) in [6.07, 6.45) is 61.0. The van der Waals surface area contributed by atoms with Gasteiger partial charge < -0.3 is 20.3 Å². The van der Waals surface area contributed by atoms with Crippen LogP contribution in [0.2, 0.25) is 0 Å². The number of amides is 1. The van der Waals surface area contributed by atoms with E-state index >= 15 is 0 Å². The summed E-state index contributed by atoms with van der Waals surface area (Å²) in [6, 6.07) is -0.722. The SMILES string of the molecule is CC/C=C/C/C=C/CCCCCCCCCC(=O)OC(CCC/C=C\C/C=C\C/C=C\C/C=C\CCCCC)CC(=O)NC(CO)C(O)CCCCCCCCCCCCC. The molecular formula is C55H97NO5.